The number of benzene rings is 1. The van der Waals surface area contributed by atoms with Gasteiger partial charge in [0.2, 0.25) is 0 Å². The number of carbonyl (C=O) groups excluding carboxylic acids is 1. The number of hydrogen-bond acceptors (Lipinski definition) is 2. The first-order valence-electron chi connectivity index (χ1n) is 5.25. The van der Waals surface area contributed by atoms with Crippen molar-refractivity contribution in [3.63, 3.8) is 0 Å². The van der Waals surface area contributed by atoms with Gasteiger partial charge in [0.1, 0.15) is 5.82 Å². The Kier molecular flexibility index (Phi) is 3.72. The Balaban J connectivity index is 2.22. The van der Waals surface area contributed by atoms with Crippen molar-refractivity contribution in [3.8, 4) is 0 Å². The van der Waals surface area contributed by atoms with Crippen LogP contribution in [0.15, 0.2) is 41.1 Å². The van der Waals surface area contributed by atoms with Crippen molar-refractivity contribution >= 4 is 27.5 Å². The van der Waals surface area contributed by atoms with E-state index >= 15 is 0 Å². The van der Waals surface area contributed by atoms with Gasteiger partial charge in [-0.15, -0.1) is 0 Å². The first kappa shape index (κ1) is 12.7. The van der Waals surface area contributed by atoms with Gasteiger partial charge >= 0.3 is 0 Å². The van der Waals surface area contributed by atoms with Gasteiger partial charge in [0.15, 0.2) is 0 Å². The molecule has 0 aliphatic heterocycles. The van der Waals surface area contributed by atoms with Crippen LogP contribution < -0.4 is 5.32 Å². The van der Waals surface area contributed by atoms with Crippen LogP contribution >= 0.6 is 15.9 Å². The molecule has 2 aromatic rings. The number of pyridine rings is 1. The van der Waals surface area contributed by atoms with Crippen LogP contribution in [-0.4, -0.2) is 10.9 Å². The van der Waals surface area contributed by atoms with Gasteiger partial charge in [0, 0.05) is 23.6 Å². The number of anilines is 1. The maximum absolute atomic E-state index is 13.3. The molecule has 1 aromatic carbocycles. The predicted molar refractivity (Wildman–Crippen MR) is 71.0 cm³/mol. The van der Waals surface area contributed by atoms with E-state index in [1.165, 1.54) is 12.1 Å². The fraction of sp³-hybridized carbons (Fsp3) is 0.0769. The molecule has 0 bridgehead atoms. The van der Waals surface area contributed by atoms with Crippen LogP contribution in [0, 0.1) is 12.7 Å². The number of amides is 1. The highest BCUT2D eigenvalue weighted by Gasteiger charge is 2.09. The molecule has 0 aliphatic rings. The van der Waals surface area contributed by atoms with Gasteiger partial charge in [-0.05, 0) is 52.7 Å². The van der Waals surface area contributed by atoms with E-state index in [2.05, 4.69) is 26.2 Å². The highest BCUT2D eigenvalue weighted by molar-refractivity contribution is 9.10. The number of rotatable bonds is 2. The van der Waals surface area contributed by atoms with Crippen molar-refractivity contribution in [3.05, 3.63) is 58.1 Å². The summed E-state index contributed by atoms with van der Waals surface area (Å²) in [5, 5.41) is 2.71. The molecule has 2 rings (SSSR count). The van der Waals surface area contributed by atoms with E-state index in [4.69, 9.17) is 0 Å². The minimum atomic E-state index is -0.464. The molecule has 92 valence electrons. The Labute approximate surface area is 112 Å². The Bertz CT molecular complexity index is 601. The van der Waals surface area contributed by atoms with Crippen LogP contribution in [0.1, 0.15) is 15.9 Å². The third-order valence-electron chi connectivity index (χ3n) is 2.45. The molecule has 1 aromatic heterocycles. The van der Waals surface area contributed by atoms with Crippen LogP contribution in [0.25, 0.3) is 0 Å². The second kappa shape index (κ2) is 5.27. The topological polar surface area (TPSA) is 42.0 Å². The molecule has 1 amide bonds. The summed E-state index contributed by atoms with van der Waals surface area (Å²) in [5.74, 6) is -0.815. The number of aryl methyl sites for hydroxylation is 1. The first-order valence-corrected chi connectivity index (χ1v) is 6.04. The molecule has 0 unspecified atom stereocenters. The maximum atomic E-state index is 13.3. The van der Waals surface area contributed by atoms with Gasteiger partial charge < -0.3 is 5.32 Å². The molecule has 0 atom stereocenters. The fourth-order valence-corrected chi connectivity index (χ4v) is 1.69. The van der Waals surface area contributed by atoms with Gasteiger partial charge in [-0.3, -0.25) is 9.78 Å². The molecule has 1 heterocycles. The number of aromatic nitrogens is 1. The van der Waals surface area contributed by atoms with Gasteiger partial charge in [0.25, 0.3) is 5.91 Å². The molecule has 1 N–H and O–H groups in total. The first-order chi connectivity index (χ1) is 8.58. The minimum Gasteiger partial charge on any atom is -0.322 e. The third kappa shape index (κ3) is 2.73. The maximum Gasteiger partial charge on any atom is 0.255 e. The molecular formula is C13H10BrFN2O. The monoisotopic (exact) mass is 308 g/mol. The smallest absolute Gasteiger partial charge is 0.255 e. The summed E-state index contributed by atoms with van der Waals surface area (Å²) in [6.45, 7) is 1.84. The Morgan fingerprint density at radius 3 is 2.83 bits per heavy atom. The minimum absolute atomic E-state index is 0.270. The largest absolute Gasteiger partial charge is 0.322 e. The fourth-order valence-electron chi connectivity index (χ4n) is 1.45. The summed E-state index contributed by atoms with van der Waals surface area (Å²) in [7, 11) is 0. The van der Waals surface area contributed by atoms with Crippen LogP contribution in [0.2, 0.25) is 0 Å². The van der Waals surface area contributed by atoms with Crippen molar-refractivity contribution in [1.29, 1.82) is 0 Å². The lowest BCUT2D eigenvalue weighted by molar-refractivity contribution is 0.102. The predicted octanol–water partition coefficient (Wildman–Crippen LogP) is 3.54. The van der Waals surface area contributed by atoms with E-state index in [0.29, 0.717) is 10.2 Å². The summed E-state index contributed by atoms with van der Waals surface area (Å²) < 4.78 is 13.7. The molecule has 5 heteroatoms. The molecule has 0 aliphatic carbocycles. The lowest BCUT2D eigenvalue weighted by atomic mass is 10.2. The van der Waals surface area contributed by atoms with Crippen LogP contribution in [0.3, 0.4) is 0 Å². The average molecular weight is 309 g/mol. The lowest BCUT2D eigenvalue weighted by Crippen LogP contribution is -2.13. The number of carbonyl (C=O) groups is 1. The standard InChI is InChI=1S/C13H10BrFN2O/c1-8-7-16-5-4-12(8)17-13(18)9-2-3-10(14)11(15)6-9/h2-7H,1H3,(H,16,17,18). The highest BCUT2D eigenvalue weighted by Crippen LogP contribution is 2.18. The van der Waals surface area contributed by atoms with Gasteiger partial charge in [-0.25, -0.2) is 4.39 Å². The van der Waals surface area contributed by atoms with Crippen molar-refractivity contribution in [2.24, 2.45) is 0 Å². The molecule has 0 fully saturated rings. The van der Waals surface area contributed by atoms with Crippen molar-refractivity contribution in [2.45, 2.75) is 6.92 Å². The summed E-state index contributed by atoms with van der Waals surface area (Å²) in [4.78, 5) is 15.8. The average Bonchev–Trinajstić information content (AvgIpc) is 2.35. The molecule has 0 saturated heterocycles. The molecule has 0 spiro atoms. The lowest BCUT2D eigenvalue weighted by Gasteiger charge is -2.07. The zero-order chi connectivity index (χ0) is 13.1. The van der Waals surface area contributed by atoms with E-state index in [1.807, 2.05) is 6.92 Å². The van der Waals surface area contributed by atoms with Crippen LogP contribution in [0.5, 0.6) is 0 Å². The molecule has 3 nitrogen and oxygen atoms in total. The van der Waals surface area contributed by atoms with Crippen LogP contribution in [-0.2, 0) is 0 Å². The summed E-state index contributed by atoms with van der Waals surface area (Å²) in [5.41, 5.74) is 1.79. The van der Waals surface area contributed by atoms with Gasteiger partial charge in [-0.2, -0.15) is 0 Å². The third-order valence-corrected chi connectivity index (χ3v) is 3.09. The molecule has 0 saturated carbocycles. The van der Waals surface area contributed by atoms with Gasteiger partial charge in [0.05, 0.1) is 4.47 Å². The van der Waals surface area contributed by atoms with Crippen LogP contribution in [0.4, 0.5) is 10.1 Å². The second-order valence-corrected chi connectivity index (χ2v) is 4.63. The normalized spacial score (nSPS) is 10.2. The summed E-state index contributed by atoms with van der Waals surface area (Å²) in [6.07, 6.45) is 3.24. The zero-order valence-electron chi connectivity index (χ0n) is 9.58. The Morgan fingerprint density at radius 1 is 1.39 bits per heavy atom. The Morgan fingerprint density at radius 2 is 2.17 bits per heavy atom. The van der Waals surface area contributed by atoms with E-state index in [0.717, 1.165) is 5.56 Å². The quantitative estimate of drug-likeness (QED) is 0.922. The number of nitrogens with one attached hydrogen (secondary N) is 1. The SMILES string of the molecule is Cc1cnccc1NC(=O)c1ccc(Br)c(F)c1. The zero-order valence-corrected chi connectivity index (χ0v) is 11.2. The molecular weight excluding hydrogens is 299 g/mol. The van der Waals surface area contributed by atoms with E-state index in [-0.39, 0.29) is 11.5 Å². The van der Waals surface area contributed by atoms with E-state index < -0.39 is 5.82 Å². The van der Waals surface area contributed by atoms with Crippen molar-refractivity contribution < 1.29 is 9.18 Å². The highest BCUT2D eigenvalue weighted by atomic mass is 79.9. The number of nitrogens with zero attached hydrogens (tertiary/aromatic N) is 1. The number of hydrogen-bond donors (Lipinski definition) is 1. The molecule has 18 heavy (non-hydrogen) atoms. The second-order valence-electron chi connectivity index (χ2n) is 3.77. The van der Waals surface area contributed by atoms with Crippen molar-refractivity contribution in [1.82, 2.24) is 4.98 Å². The number of halogens is 2. The summed E-state index contributed by atoms with van der Waals surface area (Å²) >= 11 is 3.04. The van der Waals surface area contributed by atoms with E-state index in [1.54, 1.807) is 24.5 Å². The van der Waals surface area contributed by atoms with Gasteiger partial charge in [-0.1, -0.05) is 0 Å². The van der Waals surface area contributed by atoms with Crippen molar-refractivity contribution in [2.75, 3.05) is 5.32 Å². The molecule has 0 radical (unpaired) electrons. The summed E-state index contributed by atoms with van der Waals surface area (Å²) in [6, 6.07) is 5.95. The van der Waals surface area contributed by atoms with E-state index in [9.17, 15) is 9.18 Å². The Hall–Kier alpha value is -1.75.